The molecule has 94 valence electrons. The molecule has 1 N–H and O–H groups in total. The van der Waals surface area contributed by atoms with Crippen LogP contribution in [0, 0.1) is 10.1 Å². The molecular formula is C9H18N2O5. The van der Waals surface area contributed by atoms with Gasteiger partial charge in [-0.05, 0) is 19.4 Å². The van der Waals surface area contributed by atoms with Crippen LogP contribution < -0.4 is 5.32 Å². The molecule has 0 unspecified atom stereocenters. The molecule has 0 aromatic carbocycles. The summed E-state index contributed by atoms with van der Waals surface area (Å²) in [6.45, 7) is 3.84. The Labute approximate surface area is 94.2 Å². The monoisotopic (exact) mass is 234 g/mol. The van der Waals surface area contributed by atoms with Gasteiger partial charge in [-0.15, -0.1) is 10.1 Å². The van der Waals surface area contributed by atoms with E-state index in [1.807, 2.05) is 6.92 Å². The summed E-state index contributed by atoms with van der Waals surface area (Å²) < 4.78 is 4.90. The van der Waals surface area contributed by atoms with Gasteiger partial charge in [-0.3, -0.25) is 4.79 Å². The Morgan fingerprint density at radius 2 is 2.12 bits per heavy atom. The van der Waals surface area contributed by atoms with Crippen molar-refractivity contribution in [2.45, 2.75) is 26.2 Å². The number of hydrogen-bond donors (Lipinski definition) is 1. The van der Waals surface area contributed by atoms with Gasteiger partial charge in [0.2, 0.25) is 0 Å². The maximum atomic E-state index is 11.1. The van der Waals surface area contributed by atoms with Gasteiger partial charge in [0.05, 0.1) is 6.61 Å². The minimum Gasteiger partial charge on any atom is -0.464 e. The number of nitrogens with zero attached hydrogens (tertiary/aromatic N) is 1. The highest BCUT2D eigenvalue weighted by atomic mass is 16.9. The lowest BCUT2D eigenvalue weighted by Crippen LogP contribution is -2.20. The summed E-state index contributed by atoms with van der Waals surface area (Å²) in [7, 11) is 0. The highest BCUT2D eigenvalue weighted by Crippen LogP contribution is 1.98. The summed E-state index contributed by atoms with van der Waals surface area (Å²) in [6.07, 6.45) is 1.28. The van der Waals surface area contributed by atoms with Gasteiger partial charge in [0, 0.05) is 13.0 Å². The lowest BCUT2D eigenvalue weighted by atomic mass is 10.2. The third-order valence-corrected chi connectivity index (χ3v) is 1.76. The molecule has 0 aliphatic carbocycles. The van der Waals surface area contributed by atoms with E-state index in [0.717, 1.165) is 6.54 Å². The lowest BCUT2D eigenvalue weighted by Gasteiger charge is -2.04. The number of unbranched alkanes of at least 4 members (excludes halogenated alkanes) is 1. The Kier molecular flexibility index (Phi) is 9.29. The summed E-state index contributed by atoms with van der Waals surface area (Å²) in [5, 5.41) is 12.0. The van der Waals surface area contributed by atoms with Crippen molar-refractivity contribution in [2.75, 3.05) is 26.3 Å². The number of likely N-dealkylation sites (N-methyl/N-ethyl adjacent to an activating group) is 1. The van der Waals surface area contributed by atoms with Gasteiger partial charge in [-0.2, -0.15) is 0 Å². The van der Waals surface area contributed by atoms with Gasteiger partial charge < -0.3 is 14.9 Å². The van der Waals surface area contributed by atoms with Crippen LogP contribution in [0.1, 0.15) is 26.2 Å². The second-order valence-corrected chi connectivity index (χ2v) is 3.09. The van der Waals surface area contributed by atoms with Crippen LogP contribution >= 0.6 is 0 Å². The van der Waals surface area contributed by atoms with Gasteiger partial charge in [-0.25, -0.2) is 0 Å². The zero-order chi connectivity index (χ0) is 12.2. The highest BCUT2D eigenvalue weighted by molar-refractivity contribution is 5.69. The molecule has 0 spiro atoms. The Hall–Kier alpha value is -1.37. The van der Waals surface area contributed by atoms with Crippen molar-refractivity contribution in [3.63, 3.8) is 0 Å². The molecule has 0 amide bonds. The second kappa shape index (κ2) is 10.2. The molecule has 0 aliphatic heterocycles. The van der Waals surface area contributed by atoms with E-state index >= 15 is 0 Å². The van der Waals surface area contributed by atoms with Gasteiger partial charge in [0.25, 0.3) is 5.09 Å². The van der Waals surface area contributed by atoms with Crippen LogP contribution in [0.4, 0.5) is 0 Å². The van der Waals surface area contributed by atoms with E-state index in [2.05, 4.69) is 10.2 Å². The molecule has 0 aromatic rings. The molecule has 16 heavy (non-hydrogen) atoms. The molecule has 0 radical (unpaired) electrons. The molecule has 0 fully saturated rings. The normalized spacial score (nSPS) is 9.81. The molecule has 0 saturated heterocycles. The number of rotatable bonds is 10. The number of carbonyl (C=O) groups is 1. The van der Waals surface area contributed by atoms with E-state index in [0.29, 0.717) is 26.0 Å². The minimum atomic E-state index is -0.839. The van der Waals surface area contributed by atoms with Crippen LogP contribution in [-0.2, 0) is 14.4 Å². The molecule has 7 heteroatoms. The number of carbonyl (C=O) groups excluding carboxylic acids is 1. The largest absolute Gasteiger partial charge is 0.464 e. The quantitative estimate of drug-likeness (QED) is 0.256. The molecule has 0 saturated carbocycles. The average Bonchev–Trinajstić information content (AvgIpc) is 2.23. The predicted molar refractivity (Wildman–Crippen MR) is 56.3 cm³/mol. The van der Waals surface area contributed by atoms with Crippen molar-refractivity contribution in [3.05, 3.63) is 10.1 Å². The zero-order valence-electron chi connectivity index (χ0n) is 9.44. The van der Waals surface area contributed by atoms with Crippen LogP contribution in [0.5, 0.6) is 0 Å². The zero-order valence-corrected chi connectivity index (χ0v) is 9.44. The van der Waals surface area contributed by atoms with Crippen LogP contribution in [-0.4, -0.2) is 37.4 Å². The number of hydrogen-bond acceptors (Lipinski definition) is 6. The van der Waals surface area contributed by atoms with E-state index < -0.39 is 5.09 Å². The summed E-state index contributed by atoms with van der Waals surface area (Å²) in [4.78, 5) is 25.0. The van der Waals surface area contributed by atoms with Gasteiger partial charge in [0.1, 0.15) is 6.61 Å². The molecular weight excluding hydrogens is 216 g/mol. The topological polar surface area (TPSA) is 90.7 Å². The Balaban J connectivity index is 3.20. The van der Waals surface area contributed by atoms with Gasteiger partial charge in [-0.1, -0.05) is 6.92 Å². The average molecular weight is 234 g/mol. The first-order valence-corrected chi connectivity index (χ1v) is 5.30. The van der Waals surface area contributed by atoms with Crippen molar-refractivity contribution in [3.8, 4) is 0 Å². The van der Waals surface area contributed by atoms with Crippen molar-refractivity contribution < 1.29 is 19.5 Å². The first-order chi connectivity index (χ1) is 7.66. The lowest BCUT2D eigenvalue weighted by molar-refractivity contribution is -0.757. The van der Waals surface area contributed by atoms with E-state index in [1.165, 1.54) is 0 Å². The number of esters is 1. The first kappa shape index (κ1) is 14.6. The number of ether oxygens (including phenoxy) is 1. The summed E-state index contributed by atoms with van der Waals surface area (Å²) >= 11 is 0. The van der Waals surface area contributed by atoms with Gasteiger partial charge >= 0.3 is 5.97 Å². The molecule has 0 heterocycles. The van der Waals surface area contributed by atoms with Crippen LogP contribution in [0.25, 0.3) is 0 Å². The molecule has 0 rings (SSSR count). The van der Waals surface area contributed by atoms with E-state index in [9.17, 15) is 14.9 Å². The van der Waals surface area contributed by atoms with Crippen LogP contribution in [0.15, 0.2) is 0 Å². The maximum absolute atomic E-state index is 11.1. The fraction of sp³-hybridized carbons (Fsp3) is 0.889. The van der Waals surface area contributed by atoms with Crippen molar-refractivity contribution in [1.82, 2.24) is 5.32 Å². The minimum absolute atomic E-state index is 0.0255. The fourth-order valence-corrected chi connectivity index (χ4v) is 0.996. The molecule has 0 aliphatic rings. The number of nitrogens with one attached hydrogen (secondary N) is 1. The SMILES string of the molecule is CCNCCOC(=O)CCCCO[N+](=O)[O-]. The molecule has 0 aromatic heterocycles. The van der Waals surface area contributed by atoms with Gasteiger partial charge in [0.15, 0.2) is 0 Å². The van der Waals surface area contributed by atoms with Crippen LogP contribution in [0.3, 0.4) is 0 Å². The Bertz CT molecular complexity index is 210. The highest BCUT2D eigenvalue weighted by Gasteiger charge is 2.02. The predicted octanol–water partition coefficient (Wildman–Crippen LogP) is 0.518. The summed E-state index contributed by atoms with van der Waals surface area (Å²) in [6, 6.07) is 0. The molecule has 0 bridgehead atoms. The Morgan fingerprint density at radius 3 is 2.75 bits per heavy atom. The second-order valence-electron chi connectivity index (χ2n) is 3.09. The van der Waals surface area contributed by atoms with Crippen molar-refractivity contribution >= 4 is 5.97 Å². The van der Waals surface area contributed by atoms with Crippen LogP contribution in [0.2, 0.25) is 0 Å². The third kappa shape index (κ3) is 10.7. The first-order valence-electron chi connectivity index (χ1n) is 5.30. The smallest absolute Gasteiger partial charge is 0.305 e. The van der Waals surface area contributed by atoms with Crippen molar-refractivity contribution in [1.29, 1.82) is 0 Å². The Morgan fingerprint density at radius 1 is 1.38 bits per heavy atom. The fourth-order valence-electron chi connectivity index (χ4n) is 0.996. The third-order valence-electron chi connectivity index (χ3n) is 1.76. The van der Waals surface area contributed by atoms with E-state index in [1.54, 1.807) is 0 Å². The van der Waals surface area contributed by atoms with E-state index in [4.69, 9.17) is 4.74 Å². The molecule has 0 atom stereocenters. The van der Waals surface area contributed by atoms with Crippen molar-refractivity contribution in [2.24, 2.45) is 0 Å². The summed E-state index contributed by atoms with van der Waals surface area (Å²) in [5.41, 5.74) is 0. The van der Waals surface area contributed by atoms with E-state index in [-0.39, 0.29) is 19.0 Å². The standard InChI is InChI=1S/C9H18N2O5/c1-2-10-6-8-15-9(12)5-3-4-7-16-11(13)14/h10H,2-8H2,1H3. The summed E-state index contributed by atoms with van der Waals surface area (Å²) in [5.74, 6) is -0.279. The molecule has 7 nitrogen and oxygen atoms in total. The maximum Gasteiger partial charge on any atom is 0.305 e.